The minimum atomic E-state index is -0.745. The maximum Gasteiger partial charge on any atom is 0.335 e. The first-order valence-electron chi connectivity index (χ1n) is 8.70. The van der Waals surface area contributed by atoms with E-state index in [1.807, 2.05) is 38.2 Å². The number of anilines is 2. The molecular weight excluding hydrogens is 342 g/mol. The van der Waals surface area contributed by atoms with E-state index in [0.717, 1.165) is 22.7 Å². The minimum Gasteiger partial charge on any atom is -0.375 e. The third kappa shape index (κ3) is 3.74. The molecule has 0 unspecified atom stereocenters. The van der Waals surface area contributed by atoms with Crippen molar-refractivity contribution in [3.8, 4) is 0 Å². The van der Waals surface area contributed by atoms with Crippen molar-refractivity contribution in [2.75, 3.05) is 23.4 Å². The van der Waals surface area contributed by atoms with E-state index in [0.29, 0.717) is 11.3 Å². The van der Waals surface area contributed by atoms with E-state index in [4.69, 9.17) is 0 Å². The van der Waals surface area contributed by atoms with Crippen LogP contribution in [0.15, 0.2) is 54.1 Å². The summed E-state index contributed by atoms with van der Waals surface area (Å²) in [4.78, 5) is 40.3. The molecule has 0 aromatic heterocycles. The van der Waals surface area contributed by atoms with E-state index in [1.54, 1.807) is 24.3 Å². The van der Waals surface area contributed by atoms with Crippen molar-refractivity contribution in [2.45, 2.75) is 13.8 Å². The molecule has 1 saturated heterocycles. The predicted octanol–water partition coefficient (Wildman–Crippen LogP) is 3.12. The number of carbonyl (C=O) groups is 3. The van der Waals surface area contributed by atoms with E-state index in [1.165, 1.54) is 6.08 Å². The number of nitrogens with zero attached hydrogens (tertiary/aromatic N) is 2. The first-order chi connectivity index (χ1) is 12.9. The highest BCUT2D eigenvalue weighted by Gasteiger charge is 2.36. The molecule has 27 heavy (non-hydrogen) atoms. The molecule has 0 aliphatic carbocycles. The Morgan fingerprint density at radius 3 is 2.22 bits per heavy atom. The molecule has 6 nitrogen and oxygen atoms in total. The lowest BCUT2D eigenvalue weighted by Gasteiger charge is -2.26. The number of aryl methyl sites for hydroxylation is 1. The quantitative estimate of drug-likeness (QED) is 0.669. The number of benzene rings is 2. The Morgan fingerprint density at radius 1 is 1.00 bits per heavy atom. The van der Waals surface area contributed by atoms with Crippen LogP contribution in [0.4, 0.5) is 16.2 Å². The van der Waals surface area contributed by atoms with Gasteiger partial charge in [-0.2, -0.15) is 0 Å². The fraction of sp³-hybridized carbons (Fsp3) is 0.190. The van der Waals surface area contributed by atoms with Crippen LogP contribution < -0.4 is 15.1 Å². The zero-order chi connectivity index (χ0) is 19.6. The van der Waals surface area contributed by atoms with E-state index >= 15 is 0 Å². The molecule has 6 heteroatoms. The summed E-state index contributed by atoms with van der Waals surface area (Å²) >= 11 is 0. The van der Waals surface area contributed by atoms with Gasteiger partial charge in [0.2, 0.25) is 0 Å². The van der Waals surface area contributed by atoms with Crippen molar-refractivity contribution in [2.24, 2.45) is 0 Å². The molecule has 2 aromatic rings. The molecule has 1 aliphatic rings. The average molecular weight is 363 g/mol. The van der Waals surface area contributed by atoms with Gasteiger partial charge in [-0.1, -0.05) is 29.8 Å². The fourth-order valence-corrected chi connectivity index (χ4v) is 2.76. The Bertz CT molecular complexity index is 915. The van der Waals surface area contributed by atoms with Crippen LogP contribution in [-0.4, -0.2) is 31.4 Å². The molecule has 0 spiro atoms. The standard InChI is InChI=1S/C21H21N3O3/c1-4-23(3)16-11-7-15(8-12-16)13-18-19(25)22-21(27)24(20(18)26)17-9-5-14(2)6-10-17/h5-13H,4H2,1-3H3,(H,22,25,27). The Hall–Kier alpha value is -3.41. The maximum atomic E-state index is 12.8. The summed E-state index contributed by atoms with van der Waals surface area (Å²) in [6.07, 6.45) is 1.50. The Labute approximate surface area is 158 Å². The molecule has 2 aromatic carbocycles. The van der Waals surface area contributed by atoms with Crippen LogP contribution in [0, 0.1) is 6.92 Å². The minimum absolute atomic E-state index is 0.0771. The zero-order valence-electron chi connectivity index (χ0n) is 15.5. The Morgan fingerprint density at radius 2 is 1.63 bits per heavy atom. The number of carbonyl (C=O) groups excluding carboxylic acids is 3. The van der Waals surface area contributed by atoms with Gasteiger partial charge >= 0.3 is 6.03 Å². The monoisotopic (exact) mass is 363 g/mol. The molecule has 4 amide bonds. The third-order valence-corrected chi connectivity index (χ3v) is 4.51. The molecule has 1 aliphatic heterocycles. The second-order valence-corrected chi connectivity index (χ2v) is 6.40. The van der Waals surface area contributed by atoms with Gasteiger partial charge in [0.05, 0.1) is 5.69 Å². The number of rotatable bonds is 4. The predicted molar refractivity (Wildman–Crippen MR) is 106 cm³/mol. The molecule has 138 valence electrons. The lowest BCUT2D eigenvalue weighted by molar-refractivity contribution is -0.122. The molecule has 3 rings (SSSR count). The van der Waals surface area contributed by atoms with E-state index in [9.17, 15) is 14.4 Å². The summed E-state index contributed by atoms with van der Waals surface area (Å²) in [7, 11) is 1.98. The van der Waals surface area contributed by atoms with Crippen LogP contribution in [0.3, 0.4) is 0 Å². The Kier molecular flexibility index (Phi) is 5.07. The van der Waals surface area contributed by atoms with Crippen LogP contribution in [0.1, 0.15) is 18.1 Å². The number of amides is 4. The van der Waals surface area contributed by atoms with Gasteiger partial charge in [-0.05, 0) is 49.8 Å². The van der Waals surface area contributed by atoms with E-state index < -0.39 is 17.8 Å². The van der Waals surface area contributed by atoms with Crippen molar-refractivity contribution < 1.29 is 14.4 Å². The summed E-state index contributed by atoms with van der Waals surface area (Å²) in [5.41, 5.74) is 3.09. The lowest BCUT2D eigenvalue weighted by Crippen LogP contribution is -2.54. The second kappa shape index (κ2) is 7.45. The van der Waals surface area contributed by atoms with Crippen molar-refractivity contribution >= 4 is 35.3 Å². The number of barbiturate groups is 1. The molecular formula is C21H21N3O3. The van der Waals surface area contributed by atoms with E-state index in [2.05, 4.69) is 17.1 Å². The highest BCUT2D eigenvalue weighted by molar-refractivity contribution is 6.39. The number of hydrogen-bond donors (Lipinski definition) is 1. The van der Waals surface area contributed by atoms with Gasteiger partial charge in [-0.25, -0.2) is 9.69 Å². The summed E-state index contributed by atoms with van der Waals surface area (Å²) in [6.45, 7) is 4.84. The SMILES string of the molecule is CCN(C)c1ccc(C=C2C(=O)NC(=O)N(c3ccc(C)cc3)C2=O)cc1. The van der Waals surface area contributed by atoms with Crippen LogP contribution >= 0.6 is 0 Å². The van der Waals surface area contributed by atoms with Crippen molar-refractivity contribution in [1.29, 1.82) is 0 Å². The smallest absolute Gasteiger partial charge is 0.335 e. The molecule has 0 atom stereocenters. The van der Waals surface area contributed by atoms with Gasteiger partial charge in [0.1, 0.15) is 5.57 Å². The van der Waals surface area contributed by atoms with Gasteiger partial charge in [-0.3, -0.25) is 14.9 Å². The number of urea groups is 1. The van der Waals surface area contributed by atoms with Crippen LogP contribution in [0.5, 0.6) is 0 Å². The van der Waals surface area contributed by atoms with Gasteiger partial charge in [0, 0.05) is 19.3 Å². The van der Waals surface area contributed by atoms with Crippen LogP contribution in [0.2, 0.25) is 0 Å². The van der Waals surface area contributed by atoms with E-state index in [-0.39, 0.29) is 5.57 Å². The largest absolute Gasteiger partial charge is 0.375 e. The summed E-state index contributed by atoms with van der Waals surface area (Å²) in [5, 5.41) is 2.23. The second-order valence-electron chi connectivity index (χ2n) is 6.40. The first-order valence-corrected chi connectivity index (χ1v) is 8.70. The van der Waals surface area contributed by atoms with Gasteiger partial charge in [0.15, 0.2) is 0 Å². The van der Waals surface area contributed by atoms with Gasteiger partial charge < -0.3 is 4.90 Å². The van der Waals surface area contributed by atoms with Crippen LogP contribution in [0.25, 0.3) is 6.08 Å². The first kappa shape index (κ1) is 18.4. The lowest BCUT2D eigenvalue weighted by atomic mass is 10.1. The molecule has 0 radical (unpaired) electrons. The van der Waals surface area contributed by atoms with Crippen molar-refractivity contribution in [3.05, 3.63) is 65.2 Å². The topological polar surface area (TPSA) is 69.7 Å². The third-order valence-electron chi connectivity index (χ3n) is 4.51. The van der Waals surface area contributed by atoms with Crippen molar-refractivity contribution in [3.63, 3.8) is 0 Å². The van der Waals surface area contributed by atoms with Gasteiger partial charge in [0.25, 0.3) is 11.8 Å². The summed E-state index contributed by atoms with van der Waals surface area (Å²) in [5.74, 6) is -1.33. The maximum absolute atomic E-state index is 12.8. The average Bonchev–Trinajstić information content (AvgIpc) is 2.66. The highest BCUT2D eigenvalue weighted by atomic mass is 16.2. The fourth-order valence-electron chi connectivity index (χ4n) is 2.76. The molecule has 1 N–H and O–H groups in total. The highest BCUT2D eigenvalue weighted by Crippen LogP contribution is 2.23. The molecule has 0 bridgehead atoms. The van der Waals surface area contributed by atoms with Crippen molar-refractivity contribution in [1.82, 2.24) is 5.32 Å². The number of nitrogens with one attached hydrogen (secondary N) is 1. The molecule has 1 fully saturated rings. The zero-order valence-corrected chi connectivity index (χ0v) is 15.5. The Balaban J connectivity index is 1.93. The van der Waals surface area contributed by atoms with Crippen LogP contribution in [-0.2, 0) is 9.59 Å². The molecule has 0 saturated carbocycles. The number of imide groups is 2. The summed E-state index contributed by atoms with van der Waals surface area (Å²) < 4.78 is 0. The summed E-state index contributed by atoms with van der Waals surface area (Å²) in [6, 6.07) is 13.7. The number of hydrogen-bond acceptors (Lipinski definition) is 4. The van der Waals surface area contributed by atoms with Gasteiger partial charge in [-0.15, -0.1) is 0 Å². The molecule has 1 heterocycles. The normalized spacial score (nSPS) is 15.9.